The smallest absolute Gasteiger partial charge is 0.239 e. The molecule has 0 fully saturated rings. The number of anilines is 2. The first-order valence-corrected chi connectivity index (χ1v) is 8.98. The van der Waals surface area contributed by atoms with Crippen LogP contribution in [0.25, 0.3) is 0 Å². The van der Waals surface area contributed by atoms with Gasteiger partial charge in [-0.3, -0.25) is 9.69 Å². The lowest BCUT2D eigenvalue weighted by molar-refractivity contribution is -0.118. The molecule has 1 aliphatic rings. The molecule has 1 heterocycles. The van der Waals surface area contributed by atoms with Gasteiger partial charge in [-0.05, 0) is 48.7 Å². The summed E-state index contributed by atoms with van der Waals surface area (Å²) in [6.45, 7) is 2.59. The maximum Gasteiger partial charge on any atom is 0.239 e. The summed E-state index contributed by atoms with van der Waals surface area (Å²) in [5, 5.41) is 0. The average molecular weight is 343 g/mol. The largest absolute Gasteiger partial charge is 0.494 e. The van der Waals surface area contributed by atoms with E-state index in [0.717, 1.165) is 28.3 Å². The molecular weight excluding hydrogens is 322 g/mol. The Balaban J connectivity index is 1.73. The number of fused-ring (bicyclic) bond motifs is 1. The van der Waals surface area contributed by atoms with Crippen molar-refractivity contribution in [2.24, 2.45) is 0 Å². The Bertz CT molecular complexity index is 920. The minimum absolute atomic E-state index is 0.115. The van der Waals surface area contributed by atoms with E-state index < -0.39 is 0 Å². The SMILES string of the molecule is CCOc1ccccc1C[C@@H]1C(=O)N(c2ccccc2)c2ccccc21. The molecular formula is C23H21NO2. The molecule has 3 heteroatoms. The number of hydrogen-bond donors (Lipinski definition) is 0. The summed E-state index contributed by atoms with van der Waals surface area (Å²) in [4.78, 5) is 15.2. The summed E-state index contributed by atoms with van der Waals surface area (Å²) in [7, 11) is 0. The molecule has 130 valence electrons. The number of amides is 1. The lowest BCUT2D eigenvalue weighted by Crippen LogP contribution is -2.24. The van der Waals surface area contributed by atoms with E-state index in [4.69, 9.17) is 4.74 Å². The fourth-order valence-electron chi connectivity index (χ4n) is 3.62. The fraction of sp³-hybridized carbons (Fsp3) is 0.174. The van der Waals surface area contributed by atoms with Crippen LogP contribution in [0.4, 0.5) is 11.4 Å². The zero-order valence-corrected chi connectivity index (χ0v) is 14.8. The third-order valence-corrected chi connectivity index (χ3v) is 4.78. The van der Waals surface area contributed by atoms with Gasteiger partial charge in [-0.2, -0.15) is 0 Å². The molecule has 0 spiro atoms. The number of carbonyl (C=O) groups excluding carboxylic acids is 1. The van der Waals surface area contributed by atoms with Crippen LogP contribution in [0, 0.1) is 0 Å². The lowest BCUT2D eigenvalue weighted by atomic mass is 9.93. The zero-order valence-electron chi connectivity index (χ0n) is 14.8. The van der Waals surface area contributed by atoms with Crippen LogP contribution in [0.5, 0.6) is 5.75 Å². The second-order valence-electron chi connectivity index (χ2n) is 6.37. The monoisotopic (exact) mass is 343 g/mol. The highest BCUT2D eigenvalue weighted by Crippen LogP contribution is 2.43. The third kappa shape index (κ3) is 2.86. The standard InChI is InChI=1S/C23H21NO2/c1-2-26-22-15-9-6-10-17(22)16-20-19-13-7-8-14-21(19)24(23(20)25)18-11-4-3-5-12-18/h3-15,20H,2,16H2,1H3/t20-/m0/s1. The molecule has 0 saturated carbocycles. The first kappa shape index (κ1) is 16.4. The van der Waals surface area contributed by atoms with Crippen molar-refractivity contribution in [3.63, 3.8) is 0 Å². The van der Waals surface area contributed by atoms with Gasteiger partial charge >= 0.3 is 0 Å². The van der Waals surface area contributed by atoms with Gasteiger partial charge < -0.3 is 4.74 Å². The first-order chi connectivity index (χ1) is 12.8. The molecule has 3 aromatic rings. The van der Waals surface area contributed by atoms with E-state index in [-0.39, 0.29) is 11.8 Å². The van der Waals surface area contributed by atoms with Gasteiger partial charge in [-0.25, -0.2) is 0 Å². The third-order valence-electron chi connectivity index (χ3n) is 4.78. The number of nitrogens with zero attached hydrogens (tertiary/aromatic N) is 1. The molecule has 1 atom stereocenters. The number of ether oxygens (including phenoxy) is 1. The van der Waals surface area contributed by atoms with Crippen LogP contribution in [0.3, 0.4) is 0 Å². The van der Waals surface area contributed by atoms with Crippen molar-refractivity contribution in [3.8, 4) is 5.75 Å². The summed E-state index contributed by atoms with van der Waals surface area (Å²) >= 11 is 0. The predicted molar refractivity (Wildman–Crippen MR) is 104 cm³/mol. The van der Waals surface area contributed by atoms with E-state index in [1.54, 1.807) is 0 Å². The molecule has 26 heavy (non-hydrogen) atoms. The van der Waals surface area contributed by atoms with Crippen molar-refractivity contribution in [1.82, 2.24) is 0 Å². The van der Waals surface area contributed by atoms with Crippen molar-refractivity contribution in [2.75, 3.05) is 11.5 Å². The Morgan fingerprint density at radius 3 is 2.38 bits per heavy atom. The van der Waals surface area contributed by atoms with E-state index in [1.807, 2.05) is 84.6 Å². The number of rotatable bonds is 5. The number of para-hydroxylation sites is 3. The number of carbonyl (C=O) groups is 1. The average Bonchev–Trinajstić information content (AvgIpc) is 2.96. The Morgan fingerprint density at radius 1 is 0.885 bits per heavy atom. The van der Waals surface area contributed by atoms with Gasteiger partial charge in [0.05, 0.1) is 18.2 Å². The van der Waals surface area contributed by atoms with Crippen molar-refractivity contribution < 1.29 is 9.53 Å². The van der Waals surface area contributed by atoms with E-state index >= 15 is 0 Å². The van der Waals surface area contributed by atoms with Crippen molar-refractivity contribution >= 4 is 17.3 Å². The van der Waals surface area contributed by atoms with Crippen LogP contribution in [0.15, 0.2) is 78.9 Å². The molecule has 3 aromatic carbocycles. The van der Waals surface area contributed by atoms with Gasteiger partial charge in [0.25, 0.3) is 0 Å². The molecule has 1 amide bonds. The van der Waals surface area contributed by atoms with Gasteiger partial charge in [0.2, 0.25) is 5.91 Å². The highest BCUT2D eigenvalue weighted by Gasteiger charge is 2.38. The predicted octanol–water partition coefficient (Wildman–Crippen LogP) is 5.09. The molecule has 1 aliphatic heterocycles. The summed E-state index contributed by atoms with van der Waals surface area (Å²) in [6.07, 6.45) is 0.634. The number of hydrogen-bond acceptors (Lipinski definition) is 2. The van der Waals surface area contributed by atoms with E-state index in [2.05, 4.69) is 6.07 Å². The molecule has 0 aromatic heterocycles. The second-order valence-corrected chi connectivity index (χ2v) is 6.37. The van der Waals surface area contributed by atoms with Crippen molar-refractivity contribution in [3.05, 3.63) is 90.0 Å². The maximum absolute atomic E-state index is 13.3. The minimum Gasteiger partial charge on any atom is -0.494 e. The van der Waals surface area contributed by atoms with Gasteiger partial charge in [0, 0.05) is 5.69 Å². The quantitative estimate of drug-likeness (QED) is 0.646. The topological polar surface area (TPSA) is 29.5 Å². The van der Waals surface area contributed by atoms with E-state index in [9.17, 15) is 4.79 Å². The first-order valence-electron chi connectivity index (χ1n) is 8.98. The molecule has 0 aliphatic carbocycles. The van der Waals surface area contributed by atoms with E-state index in [1.165, 1.54) is 0 Å². The maximum atomic E-state index is 13.3. The minimum atomic E-state index is -0.201. The van der Waals surface area contributed by atoms with Gasteiger partial charge in [0.15, 0.2) is 0 Å². The summed E-state index contributed by atoms with van der Waals surface area (Å²) in [6, 6.07) is 25.9. The highest BCUT2D eigenvalue weighted by atomic mass is 16.5. The summed E-state index contributed by atoms with van der Waals surface area (Å²) < 4.78 is 5.76. The van der Waals surface area contributed by atoms with Crippen molar-refractivity contribution in [2.45, 2.75) is 19.3 Å². The van der Waals surface area contributed by atoms with Gasteiger partial charge in [0.1, 0.15) is 5.75 Å². The van der Waals surface area contributed by atoms with Crippen molar-refractivity contribution in [1.29, 1.82) is 0 Å². The normalized spacial score (nSPS) is 15.8. The van der Waals surface area contributed by atoms with Crippen LogP contribution in [-0.2, 0) is 11.2 Å². The molecule has 0 N–H and O–H groups in total. The fourth-order valence-corrected chi connectivity index (χ4v) is 3.62. The number of benzene rings is 3. The Kier molecular flexibility index (Phi) is 4.44. The Morgan fingerprint density at radius 2 is 1.58 bits per heavy atom. The Labute approximate surface area is 153 Å². The highest BCUT2D eigenvalue weighted by molar-refractivity contribution is 6.10. The van der Waals surface area contributed by atoms with Crippen LogP contribution in [0.1, 0.15) is 24.0 Å². The molecule has 0 bridgehead atoms. The lowest BCUT2D eigenvalue weighted by Gasteiger charge is -2.18. The van der Waals surface area contributed by atoms with Crippen LogP contribution in [0.2, 0.25) is 0 Å². The van der Waals surface area contributed by atoms with Gasteiger partial charge in [-0.15, -0.1) is 0 Å². The molecule has 3 nitrogen and oxygen atoms in total. The molecule has 0 radical (unpaired) electrons. The van der Waals surface area contributed by atoms with Crippen LogP contribution < -0.4 is 9.64 Å². The Hall–Kier alpha value is -3.07. The van der Waals surface area contributed by atoms with E-state index in [0.29, 0.717) is 13.0 Å². The molecule has 0 saturated heterocycles. The molecule has 0 unspecified atom stereocenters. The van der Waals surface area contributed by atoms with Crippen LogP contribution in [-0.4, -0.2) is 12.5 Å². The zero-order chi connectivity index (χ0) is 17.9. The van der Waals surface area contributed by atoms with Gasteiger partial charge in [-0.1, -0.05) is 54.6 Å². The molecule has 4 rings (SSSR count). The van der Waals surface area contributed by atoms with Crippen LogP contribution >= 0.6 is 0 Å². The summed E-state index contributed by atoms with van der Waals surface area (Å²) in [5.41, 5.74) is 4.03. The summed E-state index contributed by atoms with van der Waals surface area (Å²) in [5.74, 6) is 0.773. The second kappa shape index (κ2) is 7.04.